The van der Waals surface area contributed by atoms with Gasteiger partial charge in [0, 0.05) is 5.69 Å². The van der Waals surface area contributed by atoms with Crippen LogP contribution in [0.1, 0.15) is 16.9 Å². The summed E-state index contributed by atoms with van der Waals surface area (Å²) in [5.74, 6) is -1.65. The number of nitriles is 1. The van der Waals surface area contributed by atoms with Crippen LogP contribution in [-0.2, 0) is 11.0 Å². The van der Waals surface area contributed by atoms with Gasteiger partial charge >= 0.3 is 6.18 Å². The zero-order chi connectivity index (χ0) is 18.8. The molecule has 1 heterocycles. The van der Waals surface area contributed by atoms with Gasteiger partial charge in [-0.3, -0.25) is 4.79 Å². The first-order valence-corrected chi connectivity index (χ1v) is 6.96. The summed E-state index contributed by atoms with van der Waals surface area (Å²) in [5.41, 5.74) is -2.09. The summed E-state index contributed by atoms with van der Waals surface area (Å²) >= 11 is 5.49. The van der Waals surface area contributed by atoms with Crippen molar-refractivity contribution < 1.29 is 27.6 Å². The Morgan fingerprint density at radius 3 is 2.64 bits per heavy atom. The average Bonchev–Trinajstić information content (AvgIpc) is 2.94. The van der Waals surface area contributed by atoms with E-state index in [-0.39, 0.29) is 17.0 Å². The third-order valence-corrected chi connectivity index (χ3v) is 3.44. The minimum absolute atomic E-state index is 0.0128. The van der Waals surface area contributed by atoms with Crippen molar-refractivity contribution in [2.75, 3.05) is 5.32 Å². The normalized spacial score (nSPS) is 12.3. The van der Waals surface area contributed by atoms with Gasteiger partial charge in [0.1, 0.15) is 11.8 Å². The van der Waals surface area contributed by atoms with Crippen LogP contribution in [0.2, 0.25) is 5.02 Å². The molecule has 0 radical (unpaired) electrons. The molecule has 0 fully saturated rings. The Kier molecular flexibility index (Phi) is 5.04. The maximum atomic E-state index is 12.8. The predicted octanol–water partition coefficient (Wildman–Crippen LogP) is 4.09. The zero-order valence-corrected chi connectivity index (χ0v) is 13.2. The maximum absolute atomic E-state index is 12.8. The number of alkyl halides is 3. The fourth-order valence-electron chi connectivity index (χ4n) is 1.89. The van der Waals surface area contributed by atoms with Gasteiger partial charge in [0.25, 0.3) is 5.91 Å². The van der Waals surface area contributed by atoms with Crippen LogP contribution in [0.3, 0.4) is 0 Å². The Labute approximate surface area is 144 Å². The molecule has 130 valence electrons. The molecule has 0 spiro atoms. The molecule has 2 aromatic rings. The van der Waals surface area contributed by atoms with Crippen molar-refractivity contribution in [2.24, 2.45) is 0 Å². The Bertz CT molecular complexity index is 897. The molecule has 10 heteroatoms. The van der Waals surface area contributed by atoms with Crippen molar-refractivity contribution in [3.63, 3.8) is 0 Å². The number of aliphatic hydroxyl groups excluding tert-OH is 1. The van der Waals surface area contributed by atoms with Gasteiger partial charge in [0.15, 0.2) is 11.3 Å². The molecule has 0 aliphatic heterocycles. The van der Waals surface area contributed by atoms with E-state index < -0.39 is 34.0 Å². The number of nitrogens with one attached hydrogen (secondary N) is 1. The van der Waals surface area contributed by atoms with Crippen LogP contribution in [0.4, 0.5) is 18.9 Å². The highest BCUT2D eigenvalue weighted by Gasteiger charge is 2.33. The van der Waals surface area contributed by atoms with E-state index in [1.54, 1.807) is 0 Å². The number of hydrogen-bond donors (Lipinski definition) is 2. The van der Waals surface area contributed by atoms with Crippen molar-refractivity contribution in [3.8, 4) is 6.07 Å². The summed E-state index contributed by atoms with van der Waals surface area (Å²) < 4.78 is 43.2. The zero-order valence-electron chi connectivity index (χ0n) is 12.5. The molecule has 1 aromatic carbocycles. The molecule has 0 aliphatic carbocycles. The number of hydrogen-bond acceptors (Lipinski definition) is 5. The molecule has 2 N–H and O–H groups in total. The summed E-state index contributed by atoms with van der Waals surface area (Å²) in [6.07, 6.45) is -3.62. The number of nitrogens with zero attached hydrogens (tertiary/aromatic N) is 2. The van der Waals surface area contributed by atoms with Gasteiger partial charge in [-0.2, -0.15) is 18.4 Å². The minimum atomic E-state index is -4.71. The summed E-state index contributed by atoms with van der Waals surface area (Å²) in [5, 5.41) is 24.1. The van der Waals surface area contributed by atoms with E-state index in [4.69, 9.17) is 21.4 Å². The van der Waals surface area contributed by atoms with Crippen LogP contribution in [0.15, 0.2) is 34.5 Å². The Morgan fingerprint density at radius 1 is 1.44 bits per heavy atom. The molecule has 2 rings (SSSR count). The molecule has 25 heavy (non-hydrogen) atoms. The minimum Gasteiger partial charge on any atom is -0.506 e. The molecule has 0 aliphatic rings. The Balaban J connectivity index is 2.36. The number of carbonyl (C=O) groups excluding carboxylic acids is 1. The van der Waals surface area contributed by atoms with E-state index in [1.165, 1.54) is 13.0 Å². The quantitative estimate of drug-likeness (QED) is 0.481. The number of rotatable bonds is 3. The monoisotopic (exact) mass is 371 g/mol. The number of aliphatic hydroxyl groups is 1. The number of aryl methyl sites for hydroxylation is 1. The van der Waals surface area contributed by atoms with Gasteiger partial charge in [-0.05, 0) is 25.1 Å². The van der Waals surface area contributed by atoms with Crippen molar-refractivity contribution in [1.29, 1.82) is 5.26 Å². The molecular formula is C15H9ClF3N3O3. The lowest BCUT2D eigenvalue weighted by atomic mass is 10.1. The third-order valence-electron chi connectivity index (χ3n) is 3.11. The molecule has 0 bridgehead atoms. The first kappa shape index (κ1) is 18.4. The van der Waals surface area contributed by atoms with Crippen LogP contribution in [0.5, 0.6) is 0 Å². The highest BCUT2D eigenvalue weighted by atomic mass is 35.5. The van der Waals surface area contributed by atoms with Crippen molar-refractivity contribution in [2.45, 2.75) is 13.1 Å². The van der Waals surface area contributed by atoms with Crippen LogP contribution in [0, 0.1) is 18.3 Å². The smallest absolute Gasteiger partial charge is 0.417 e. The number of carbonyl (C=O) groups is 1. The lowest BCUT2D eigenvalue weighted by Gasteiger charge is -2.11. The molecule has 0 unspecified atom stereocenters. The van der Waals surface area contributed by atoms with Gasteiger partial charge in [-0.15, -0.1) is 0 Å². The van der Waals surface area contributed by atoms with Crippen LogP contribution in [-0.4, -0.2) is 16.2 Å². The van der Waals surface area contributed by atoms with Crippen molar-refractivity contribution in [1.82, 2.24) is 5.16 Å². The largest absolute Gasteiger partial charge is 0.506 e. The van der Waals surface area contributed by atoms with Gasteiger partial charge in [-0.25, -0.2) is 0 Å². The second-order valence-corrected chi connectivity index (χ2v) is 5.18. The lowest BCUT2D eigenvalue weighted by molar-refractivity contribution is -0.137. The van der Waals surface area contributed by atoms with E-state index >= 15 is 0 Å². The van der Waals surface area contributed by atoms with Gasteiger partial charge in [0.2, 0.25) is 0 Å². The summed E-state index contributed by atoms with van der Waals surface area (Å²) in [6, 6.07) is 4.20. The maximum Gasteiger partial charge on any atom is 0.417 e. The third kappa shape index (κ3) is 3.92. The molecule has 0 atom stereocenters. The fourth-order valence-corrected chi connectivity index (χ4v) is 2.11. The highest BCUT2D eigenvalue weighted by Crippen LogP contribution is 2.36. The van der Waals surface area contributed by atoms with E-state index in [1.807, 2.05) is 0 Å². The Hall–Kier alpha value is -2.99. The van der Waals surface area contributed by atoms with E-state index in [0.29, 0.717) is 6.07 Å². The number of amides is 1. The highest BCUT2D eigenvalue weighted by molar-refractivity contribution is 6.31. The topological polar surface area (TPSA) is 99.2 Å². The first-order valence-electron chi connectivity index (χ1n) is 6.58. The molecule has 1 aromatic heterocycles. The van der Waals surface area contributed by atoms with Gasteiger partial charge in [-0.1, -0.05) is 16.8 Å². The molecule has 0 saturated carbocycles. The van der Waals surface area contributed by atoms with Crippen molar-refractivity contribution in [3.05, 3.63) is 51.9 Å². The number of anilines is 1. The number of benzene rings is 1. The van der Waals surface area contributed by atoms with E-state index in [2.05, 4.69) is 10.5 Å². The molecule has 1 amide bonds. The van der Waals surface area contributed by atoms with E-state index in [0.717, 1.165) is 18.3 Å². The SMILES string of the molecule is Cc1oncc1C(O)=C(C#N)C(=O)Nc1ccc(Cl)c(C(F)(F)F)c1. The van der Waals surface area contributed by atoms with Gasteiger partial charge < -0.3 is 14.9 Å². The molecule has 6 nitrogen and oxygen atoms in total. The summed E-state index contributed by atoms with van der Waals surface area (Å²) in [6.45, 7) is 1.44. The van der Waals surface area contributed by atoms with Crippen LogP contribution in [0.25, 0.3) is 5.76 Å². The van der Waals surface area contributed by atoms with Crippen LogP contribution < -0.4 is 5.32 Å². The standard InChI is InChI=1S/C15H9ClF3N3O3/c1-7-10(6-21-25-7)13(23)9(5-20)14(24)22-8-2-3-12(16)11(4-8)15(17,18)19/h2-4,6,23H,1H3,(H,22,24). The predicted molar refractivity (Wildman–Crippen MR) is 81.5 cm³/mol. The second-order valence-electron chi connectivity index (χ2n) is 4.78. The number of halogens is 4. The summed E-state index contributed by atoms with van der Waals surface area (Å²) in [4.78, 5) is 12.1. The lowest BCUT2D eigenvalue weighted by Crippen LogP contribution is -2.16. The van der Waals surface area contributed by atoms with Crippen molar-refractivity contribution >= 4 is 29.0 Å². The number of aromatic nitrogens is 1. The second kappa shape index (κ2) is 6.86. The Morgan fingerprint density at radius 2 is 2.12 bits per heavy atom. The fraction of sp³-hybridized carbons (Fsp3) is 0.133. The summed E-state index contributed by atoms with van der Waals surface area (Å²) in [7, 11) is 0. The first-order chi connectivity index (χ1) is 11.6. The van der Waals surface area contributed by atoms with Crippen LogP contribution >= 0.6 is 11.6 Å². The average molecular weight is 372 g/mol. The van der Waals surface area contributed by atoms with Gasteiger partial charge in [0.05, 0.1) is 22.3 Å². The molecule has 0 saturated heterocycles. The molecular weight excluding hydrogens is 363 g/mol. The van der Waals surface area contributed by atoms with E-state index in [9.17, 15) is 23.1 Å².